The topological polar surface area (TPSA) is 89.4 Å². The van der Waals surface area contributed by atoms with Crippen LogP contribution in [0.5, 0.6) is 0 Å². The highest BCUT2D eigenvalue weighted by molar-refractivity contribution is 7.99. The number of aromatic nitrogens is 4. The van der Waals surface area contributed by atoms with Crippen LogP contribution in [0.15, 0.2) is 5.16 Å². The first kappa shape index (κ1) is 18.0. The second-order valence-electron chi connectivity index (χ2n) is 6.75. The van der Waals surface area contributed by atoms with Crippen LogP contribution in [0.25, 0.3) is 5.65 Å². The molecule has 7 nitrogen and oxygen atoms in total. The third kappa shape index (κ3) is 3.31. The van der Waals surface area contributed by atoms with E-state index >= 15 is 0 Å². The molecule has 25 heavy (non-hydrogen) atoms. The number of nitrogen functional groups attached to an aromatic ring is 1. The Morgan fingerprint density at radius 3 is 2.60 bits per heavy atom. The van der Waals surface area contributed by atoms with Gasteiger partial charge >= 0.3 is 0 Å². The molecule has 2 unspecified atom stereocenters. The minimum absolute atomic E-state index is 0.149. The Morgan fingerprint density at radius 1 is 1.28 bits per heavy atom. The number of carbonyl (C=O) groups excluding carboxylic acids is 1. The maximum atomic E-state index is 12.7. The standard InChI is InChI=1S/C17H26N6OS/c1-5-13-12(4)19-16(18)23-15(13)20-21-17(23)25-9-14(24)22-10(2)7-6-8-11(22)3/h10-11H,5-9H2,1-4H3,(H2,18,19). The van der Waals surface area contributed by atoms with Crippen molar-refractivity contribution in [1.82, 2.24) is 24.5 Å². The molecule has 2 atom stereocenters. The van der Waals surface area contributed by atoms with Gasteiger partial charge in [0.05, 0.1) is 5.75 Å². The van der Waals surface area contributed by atoms with E-state index < -0.39 is 0 Å². The van der Waals surface area contributed by atoms with Gasteiger partial charge in [-0.3, -0.25) is 4.79 Å². The number of amides is 1. The van der Waals surface area contributed by atoms with E-state index in [2.05, 4.69) is 36.0 Å². The molecule has 3 rings (SSSR count). The fraction of sp³-hybridized carbons (Fsp3) is 0.647. The van der Waals surface area contributed by atoms with Crippen molar-refractivity contribution in [3.63, 3.8) is 0 Å². The van der Waals surface area contributed by atoms with E-state index in [1.807, 2.05) is 11.8 Å². The van der Waals surface area contributed by atoms with Gasteiger partial charge in [-0.15, -0.1) is 10.2 Å². The number of rotatable bonds is 4. The molecule has 0 saturated carbocycles. The molecule has 136 valence electrons. The number of piperidine rings is 1. The first-order valence-electron chi connectivity index (χ1n) is 8.88. The summed E-state index contributed by atoms with van der Waals surface area (Å²) in [4.78, 5) is 19.1. The summed E-state index contributed by atoms with van der Waals surface area (Å²) in [6.45, 7) is 8.25. The Bertz CT molecular complexity index is 779. The summed E-state index contributed by atoms with van der Waals surface area (Å²) in [7, 11) is 0. The van der Waals surface area contributed by atoms with Crippen molar-refractivity contribution >= 4 is 29.3 Å². The summed E-state index contributed by atoms with van der Waals surface area (Å²) in [6.07, 6.45) is 4.15. The zero-order valence-corrected chi connectivity index (χ0v) is 16.1. The smallest absolute Gasteiger partial charge is 0.233 e. The Balaban J connectivity index is 1.81. The molecule has 2 aromatic heterocycles. The number of aryl methyl sites for hydroxylation is 2. The highest BCUT2D eigenvalue weighted by atomic mass is 32.2. The molecule has 1 amide bonds. The third-order valence-electron chi connectivity index (χ3n) is 5.01. The minimum atomic E-state index is 0.149. The lowest BCUT2D eigenvalue weighted by molar-refractivity contribution is -0.134. The zero-order chi connectivity index (χ0) is 18.1. The van der Waals surface area contributed by atoms with Gasteiger partial charge in [0.1, 0.15) is 0 Å². The Morgan fingerprint density at radius 2 is 1.96 bits per heavy atom. The van der Waals surface area contributed by atoms with E-state index in [-0.39, 0.29) is 5.91 Å². The lowest BCUT2D eigenvalue weighted by atomic mass is 9.98. The van der Waals surface area contributed by atoms with Crippen LogP contribution in [0, 0.1) is 6.92 Å². The maximum absolute atomic E-state index is 12.7. The summed E-state index contributed by atoms with van der Waals surface area (Å²) in [5.41, 5.74) is 8.74. The van der Waals surface area contributed by atoms with Gasteiger partial charge in [0.15, 0.2) is 10.8 Å². The van der Waals surface area contributed by atoms with Gasteiger partial charge in [-0.1, -0.05) is 18.7 Å². The van der Waals surface area contributed by atoms with Crippen LogP contribution >= 0.6 is 11.8 Å². The largest absolute Gasteiger partial charge is 0.369 e. The average Bonchev–Trinajstić information content (AvgIpc) is 2.97. The number of likely N-dealkylation sites (tertiary alicyclic amines) is 1. The summed E-state index contributed by atoms with van der Waals surface area (Å²) < 4.78 is 1.76. The van der Waals surface area contributed by atoms with Gasteiger partial charge in [-0.05, 0) is 46.5 Å². The highest BCUT2D eigenvalue weighted by Gasteiger charge is 2.29. The van der Waals surface area contributed by atoms with Crippen molar-refractivity contribution < 1.29 is 4.79 Å². The fourth-order valence-electron chi connectivity index (χ4n) is 3.74. The van der Waals surface area contributed by atoms with Gasteiger partial charge in [-0.2, -0.15) is 0 Å². The fourth-order valence-corrected chi connectivity index (χ4v) is 4.55. The molecular weight excluding hydrogens is 336 g/mol. The number of hydrogen-bond donors (Lipinski definition) is 1. The number of anilines is 1. The van der Waals surface area contributed by atoms with E-state index in [1.165, 1.54) is 18.2 Å². The number of hydrogen-bond acceptors (Lipinski definition) is 6. The Hall–Kier alpha value is -1.83. The van der Waals surface area contributed by atoms with Crippen LogP contribution in [-0.2, 0) is 11.2 Å². The predicted molar refractivity (Wildman–Crippen MR) is 99.7 cm³/mol. The van der Waals surface area contributed by atoms with Crippen molar-refractivity contribution in [2.24, 2.45) is 0 Å². The van der Waals surface area contributed by atoms with E-state index in [0.29, 0.717) is 28.9 Å². The zero-order valence-electron chi connectivity index (χ0n) is 15.3. The van der Waals surface area contributed by atoms with E-state index in [1.54, 1.807) is 4.40 Å². The first-order valence-corrected chi connectivity index (χ1v) is 9.86. The number of carbonyl (C=O) groups is 1. The molecule has 0 aliphatic carbocycles. The van der Waals surface area contributed by atoms with Crippen LogP contribution in [0.4, 0.5) is 5.95 Å². The van der Waals surface area contributed by atoms with E-state index in [0.717, 1.165) is 36.2 Å². The first-order chi connectivity index (χ1) is 11.9. The summed E-state index contributed by atoms with van der Waals surface area (Å²) in [6, 6.07) is 0.598. The minimum Gasteiger partial charge on any atom is -0.369 e. The van der Waals surface area contributed by atoms with Crippen molar-refractivity contribution in [3.05, 3.63) is 11.3 Å². The SMILES string of the molecule is CCc1c(C)nc(N)n2c(SCC(=O)N3C(C)CCCC3C)nnc12. The van der Waals surface area contributed by atoms with Crippen LogP contribution in [0.1, 0.15) is 51.3 Å². The molecule has 2 aromatic rings. The van der Waals surface area contributed by atoms with E-state index in [9.17, 15) is 4.79 Å². The van der Waals surface area contributed by atoms with Crippen LogP contribution in [-0.4, -0.2) is 48.2 Å². The molecule has 0 bridgehead atoms. The molecule has 1 saturated heterocycles. The number of nitrogens with zero attached hydrogens (tertiary/aromatic N) is 5. The third-order valence-corrected chi connectivity index (χ3v) is 5.92. The lowest BCUT2D eigenvalue weighted by Crippen LogP contribution is -2.48. The maximum Gasteiger partial charge on any atom is 0.233 e. The monoisotopic (exact) mass is 362 g/mol. The quantitative estimate of drug-likeness (QED) is 0.841. The van der Waals surface area contributed by atoms with Crippen molar-refractivity contribution in [1.29, 1.82) is 0 Å². The summed E-state index contributed by atoms with van der Waals surface area (Å²) in [5.74, 6) is 0.852. The molecule has 0 radical (unpaired) electrons. The van der Waals surface area contributed by atoms with Gasteiger partial charge in [0, 0.05) is 23.3 Å². The van der Waals surface area contributed by atoms with Gasteiger partial charge < -0.3 is 10.6 Å². The van der Waals surface area contributed by atoms with Crippen LogP contribution in [0.3, 0.4) is 0 Å². The molecule has 2 N–H and O–H groups in total. The second-order valence-corrected chi connectivity index (χ2v) is 7.69. The second kappa shape index (κ2) is 7.19. The average molecular weight is 363 g/mol. The number of nitrogens with two attached hydrogens (primary N) is 1. The highest BCUT2D eigenvalue weighted by Crippen LogP contribution is 2.26. The molecule has 8 heteroatoms. The van der Waals surface area contributed by atoms with Crippen LogP contribution < -0.4 is 5.73 Å². The molecule has 0 aromatic carbocycles. The van der Waals surface area contributed by atoms with Gasteiger partial charge in [0.2, 0.25) is 11.9 Å². The molecular formula is C17H26N6OS. The van der Waals surface area contributed by atoms with Crippen molar-refractivity contribution in [2.75, 3.05) is 11.5 Å². The van der Waals surface area contributed by atoms with Crippen molar-refractivity contribution in [3.8, 4) is 0 Å². The van der Waals surface area contributed by atoms with Crippen molar-refractivity contribution in [2.45, 2.75) is 70.6 Å². The number of fused-ring (bicyclic) bond motifs is 1. The molecule has 0 spiro atoms. The summed E-state index contributed by atoms with van der Waals surface area (Å²) in [5, 5.41) is 9.15. The molecule has 1 aliphatic heterocycles. The Kier molecular flexibility index (Phi) is 5.17. The molecule has 3 heterocycles. The van der Waals surface area contributed by atoms with Crippen LogP contribution in [0.2, 0.25) is 0 Å². The molecule has 1 aliphatic rings. The number of thioether (sulfide) groups is 1. The summed E-state index contributed by atoms with van der Waals surface area (Å²) >= 11 is 1.38. The normalized spacial score (nSPS) is 21.0. The lowest BCUT2D eigenvalue weighted by Gasteiger charge is -2.39. The van der Waals surface area contributed by atoms with Gasteiger partial charge in [-0.25, -0.2) is 9.38 Å². The van der Waals surface area contributed by atoms with E-state index in [4.69, 9.17) is 5.73 Å². The Labute approximate surface area is 152 Å². The predicted octanol–water partition coefficient (Wildman–Crippen LogP) is 2.46. The molecule has 1 fully saturated rings. The van der Waals surface area contributed by atoms with Gasteiger partial charge in [0.25, 0.3) is 0 Å².